The Hall–Kier alpha value is -1.15. The Morgan fingerprint density at radius 1 is 1.33 bits per heavy atom. The quantitative estimate of drug-likeness (QED) is 0.783. The van der Waals surface area contributed by atoms with Crippen molar-refractivity contribution >= 4 is 0 Å². The average molecular weight is 247 g/mol. The molecule has 18 heavy (non-hydrogen) atoms. The van der Waals surface area contributed by atoms with Crippen molar-refractivity contribution in [3.8, 4) is 0 Å². The molecule has 0 fully saturated rings. The highest BCUT2D eigenvalue weighted by Crippen LogP contribution is 2.29. The fraction of sp³-hybridized carbons (Fsp3) is 0.500. The zero-order valence-electron chi connectivity index (χ0n) is 11.3. The summed E-state index contributed by atoms with van der Waals surface area (Å²) in [6, 6.07) is 5.29. The van der Waals surface area contributed by atoms with E-state index in [0.717, 1.165) is 17.5 Å². The number of aryl methyl sites for hydroxylation is 1. The standard InChI is InChI=1S/C16H22FN/c1-12-8-9-14(17)11-15(12)16(18-2)10-13-6-4-3-5-7-13/h6,8-9,11,16,18H,3-5,7,10H2,1-2H3. The summed E-state index contributed by atoms with van der Waals surface area (Å²) in [6.07, 6.45) is 8.38. The van der Waals surface area contributed by atoms with Gasteiger partial charge in [-0.15, -0.1) is 0 Å². The molecule has 2 heteroatoms. The van der Waals surface area contributed by atoms with Crippen molar-refractivity contribution in [2.45, 2.75) is 45.1 Å². The third kappa shape index (κ3) is 3.20. The molecule has 0 saturated heterocycles. The van der Waals surface area contributed by atoms with Crippen LogP contribution in [0.15, 0.2) is 29.8 Å². The second kappa shape index (κ2) is 6.14. The van der Waals surface area contributed by atoms with E-state index in [1.807, 2.05) is 20.0 Å². The van der Waals surface area contributed by atoms with Crippen LogP contribution in [0.4, 0.5) is 4.39 Å². The molecule has 0 bridgehead atoms. The Labute approximate surface area is 109 Å². The van der Waals surface area contributed by atoms with E-state index >= 15 is 0 Å². The molecule has 1 nitrogen and oxygen atoms in total. The fourth-order valence-corrected chi connectivity index (χ4v) is 2.71. The molecule has 98 valence electrons. The van der Waals surface area contributed by atoms with Crippen LogP contribution in [0.5, 0.6) is 0 Å². The number of allylic oxidation sites excluding steroid dienone is 1. The zero-order valence-corrected chi connectivity index (χ0v) is 11.3. The number of nitrogens with one attached hydrogen (secondary N) is 1. The second-order valence-electron chi connectivity index (χ2n) is 5.15. The Balaban J connectivity index is 2.17. The van der Waals surface area contributed by atoms with E-state index in [2.05, 4.69) is 11.4 Å². The van der Waals surface area contributed by atoms with Crippen LogP contribution in [0.2, 0.25) is 0 Å². The number of hydrogen-bond donors (Lipinski definition) is 1. The monoisotopic (exact) mass is 247 g/mol. The first-order valence-corrected chi connectivity index (χ1v) is 6.82. The fourth-order valence-electron chi connectivity index (χ4n) is 2.71. The maximum atomic E-state index is 13.4. The van der Waals surface area contributed by atoms with Crippen molar-refractivity contribution in [1.29, 1.82) is 0 Å². The minimum absolute atomic E-state index is 0.145. The summed E-state index contributed by atoms with van der Waals surface area (Å²) in [5.74, 6) is -0.145. The van der Waals surface area contributed by atoms with Gasteiger partial charge in [0.25, 0.3) is 0 Å². The van der Waals surface area contributed by atoms with Crippen LogP contribution in [0.3, 0.4) is 0 Å². The molecule has 0 radical (unpaired) electrons. The van der Waals surface area contributed by atoms with Crippen molar-refractivity contribution in [2.75, 3.05) is 7.05 Å². The van der Waals surface area contributed by atoms with Crippen LogP contribution in [-0.2, 0) is 0 Å². The van der Waals surface area contributed by atoms with Gasteiger partial charge in [0, 0.05) is 6.04 Å². The lowest BCUT2D eigenvalue weighted by molar-refractivity contribution is 0.549. The minimum Gasteiger partial charge on any atom is -0.313 e. The van der Waals surface area contributed by atoms with Crippen LogP contribution >= 0.6 is 0 Å². The molecule has 0 heterocycles. The lowest BCUT2D eigenvalue weighted by Crippen LogP contribution is -2.18. The summed E-state index contributed by atoms with van der Waals surface area (Å²) in [4.78, 5) is 0. The first kappa shape index (κ1) is 13.3. The van der Waals surface area contributed by atoms with E-state index in [0.29, 0.717) is 0 Å². The van der Waals surface area contributed by atoms with E-state index in [1.165, 1.54) is 37.3 Å². The largest absolute Gasteiger partial charge is 0.313 e. The number of hydrogen-bond acceptors (Lipinski definition) is 1. The Morgan fingerprint density at radius 3 is 2.83 bits per heavy atom. The maximum absolute atomic E-state index is 13.4. The van der Waals surface area contributed by atoms with Crippen molar-refractivity contribution in [1.82, 2.24) is 5.32 Å². The van der Waals surface area contributed by atoms with Gasteiger partial charge in [-0.1, -0.05) is 17.7 Å². The van der Waals surface area contributed by atoms with Gasteiger partial charge in [-0.3, -0.25) is 0 Å². The van der Waals surface area contributed by atoms with Crippen molar-refractivity contribution in [3.63, 3.8) is 0 Å². The van der Waals surface area contributed by atoms with Gasteiger partial charge in [0.1, 0.15) is 5.82 Å². The molecule has 0 amide bonds. The number of rotatable bonds is 4. The zero-order chi connectivity index (χ0) is 13.0. The van der Waals surface area contributed by atoms with Crippen molar-refractivity contribution in [2.24, 2.45) is 0 Å². The lowest BCUT2D eigenvalue weighted by atomic mass is 9.90. The Morgan fingerprint density at radius 2 is 2.17 bits per heavy atom. The van der Waals surface area contributed by atoms with Crippen LogP contribution in [0.25, 0.3) is 0 Å². The number of benzene rings is 1. The number of halogens is 1. The van der Waals surface area contributed by atoms with Crippen molar-refractivity contribution < 1.29 is 4.39 Å². The van der Waals surface area contributed by atoms with E-state index in [9.17, 15) is 4.39 Å². The van der Waals surface area contributed by atoms with Gasteiger partial charge in [-0.05, 0) is 69.3 Å². The first-order chi connectivity index (χ1) is 8.70. The van der Waals surface area contributed by atoms with Gasteiger partial charge in [0.05, 0.1) is 0 Å². The molecule has 0 spiro atoms. The summed E-state index contributed by atoms with van der Waals surface area (Å²) in [6.45, 7) is 2.05. The molecule has 1 aliphatic carbocycles. The normalized spacial score (nSPS) is 17.4. The SMILES string of the molecule is CNC(CC1=CCCCC1)c1cc(F)ccc1C. The molecule has 0 aliphatic heterocycles. The Kier molecular flexibility index (Phi) is 4.54. The summed E-state index contributed by atoms with van der Waals surface area (Å²) in [7, 11) is 1.96. The molecule has 1 aliphatic rings. The molecule has 0 saturated carbocycles. The summed E-state index contributed by atoms with van der Waals surface area (Å²) in [5, 5.41) is 3.33. The van der Waals surface area contributed by atoms with Crippen LogP contribution in [0, 0.1) is 12.7 Å². The van der Waals surface area contributed by atoms with Gasteiger partial charge in [-0.2, -0.15) is 0 Å². The third-order valence-corrected chi connectivity index (χ3v) is 3.82. The maximum Gasteiger partial charge on any atom is 0.123 e. The summed E-state index contributed by atoms with van der Waals surface area (Å²) < 4.78 is 13.4. The predicted molar refractivity (Wildman–Crippen MR) is 74.1 cm³/mol. The van der Waals surface area contributed by atoms with E-state index in [4.69, 9.17) is 0 Å². The molecule has 1 N–H and O–H groups in total. The molecule has 1 unspecified atom stereocenters. The van der Waals surface area contributed by atoms with E-state index in [1.54, 1.807) is 6.07 Å². The van der Waals surface area contributed by atoms with Crippen LogP contribution in [0.1, 0.15) is 49.3 Å². The van der Waals surface area contributed by atoms with Gasteiger partial charge >= 0.3 is 0 Å². The Bertz CT molecular complexity index is 437. The second-order valence-corrected chi connectivity index (χ2v) is 5.15. The highest BCUT2D eigenvalue weighted by Gasteiger charge is 2.15. The van der Waals surface area contributed by atoms with Crippen LogP contribution in [-0.4, -0.2) is 7.05 Å². The van der Waals surface area contributed by atoms with E-state index < -0.39 is 0 Å². The van der Waals surface area contributed by atoms with Gasteiger partial charge < -0.3 is 5.32 Å². The van der Waals surface area contributed by atoms with Crippen LogP contribution < -0.4 is 5.32 Å². The summed E-state index contributed by atoms with van der Waals surface area (Å²) >= 11 is 0. The molecule has 0 aromatic heterocycles. The average Bonchev–Trinajstić information content (AvgIpc) is 2.40. The van der Waals surface area contributed by atoms with Gasteiger partial charge in [0.2, 0.25) is 0 Å². The third-order valence-electron chi connectivity index (χ3n) is 3.82. The predicted octanol–water partition coefficient (Wildman–Crippen LogP) is 4.29. The van der Waals surface area contributed by atoms with Gasteiger partial charge in [-0.25, -0.2) is 4.39 Å². The molecular formula is C16H22FN. The lowest BCUT2D eigenvalue weighted by Gasteiger charge is -2.22. The van der Waals surface area contributed by atoms with E-state index in [-0.39, 0.29) is 11.9 Å². The molecule has 2 rings (SSSR count). The van der Waals surface area contributed by atoms with Crippen molar-refractivity contribution in [3.05, 3.63) is 46.8 Å². The highest BCUT2D eigenvalue weighted by atomic mass is 19.1. The molecular weight excluding hydrogens is 225 g/mol. The summed E-state index contributed by atoms with van der Waals surface area (Å²) in [5.41, 5.74) is 3.76. The smallest absolute Gasteiger partial charge is 0.123 e. The molecule has 1 aromatic carbocycles. The topological polar surface area (TPSA) is 12.0 Å². The minimum atomic E-state index is -0.145. The molecule has 1 atom stereocenters. The van der Waals surface area contributed by atoms with Gasteiger partial charge in [0.15, 0.2) is 0 Å². The molecule has 1 aromatic rings. The first-order valence-electron chi connectivity index (χ1n) is 6.82. The highest BCUT2D eigenvalue weighted by molar-refractivity contribution is 5.30.